The highest BCUT2D eigenvalue weighted by Crippen LogP contribution is 2.31. The van der Waals surface area contributed by atoms with E-state index in [1.807, 2.05) is 23.6 Å². The number of amides is 2. The second-order valence-corrected chi connectivity index (χ2v) is 7.51. The number of hydrogen-bond acceptors (Lipinski definition) is 5. The number of carbonyl (C=O) groups is 2. The van der Waals surface area contributed by atoms with Gasteiger partial charge < -0.3 is 14.2 Å². The van der Waals surface area contributed by atoms with E-state index in [0.717, 1.165) is 12.0 Å². The second-order valence-electron chi connectivity index (χ2n) is 7.51. The van der Waals surface area contributed by atoms with Gasteiger partial charge in [-0.1, -0.05) is 13.8 Å². The fourth-order valence-electron chi connectivity index (χ4n) is 4.07. The van der Waals surface area contributed by atoms with Crippen molar-refractivity contribution in [2.75, 3.05) is 19.6 Å². The molecule has 2 amide bonds. The molecule has 8 heteroatoms. The van der Waals surface area contributed by atoms with Crippen LogP contribution in [-0.2, 0) is 11.2 Å². The SMILES string of the molecule is CC(C)c1cn[nH]c1C(=O)N1CC2CC(C1)N(C(=O)Cc1cnco1)C2. The molecular formula is C18H23N5O3. The lowest BCUT2D eigenvalue weighted by molar-refractivity contribution is -0.131. The Morgan fingerprint density at radius 1 is 1.31 bits per heavy atom. The third-order valence-electron chi connectivity index (χ3n) is 5.33. The fourth-order valence-corrected chi connectivity index (χ4v) is 4.07. The van der Waals surface area contributed by atoms with Crippen LogP contribution in [0.3, 0.4) is 0 Å². The summed E-state index contributed by atoms with van der Waals surface area (Å²) in [5.41, 5.74) is 1.51. The maximum atomic E-state index is 13.0. The van der Waals surface area contributed by atoms with Crippen LogP contribution in [0.5, 0.6) is 0 Å². The van der Waals surface area contributed by atoms with Crippen LogP contribution in [0.4, 0.5) is 0 Å². The van der Waals surface area contributed by atoms with E-state index in [1.54, 1.807) is 12.4 Å². The third kappa shape index (κ3) is 3.00. The summed E-state index contributed by atoms with van der Waals surface area (Å²) in [6.07, 6.45) is 5.80. The molecule has 2 bridgehead atoms. The highest BCUT2D eigenvalue weighted by Gasteiger charge is 2.42. The highest BCUT2D eigenvalue weighted by molar-refractivity contribution is 5.94. The molecule has 2 fully saturated rings. The van der Waals surface area contributed by atoms with E-state index in [4.69, 9.17) is 4.42 Å². The van der Waals surface area contributed by atoms with Gasteiger partial charge in [-0.25, -0.2) is 4.98 Å². The number of hydrogen-bond donors (Lipinski definition) is 1. The smallest absolute Gasteiger partial charge is 0.272 e. The van der Waals surface area contributed by atoms with Crippen LogP contribution in [0.1, 0.15) is 48.0 Å². The number of nitrogens with one attached hydrogen (secondary N) is 1. The van der Waals surface area contributed by atoms with Crippen molar-refractivity contribution in [1.82, 2.24) is 25.0 Å². The molecule has 4 rings (SSSR count). The molecule has 0 aromatic carbocycles. The second kappa shape index (κ2) is 6.59. The zero-order chi connectivity index (χ0) is 18.3. The number of oxazole rings is 1. The predicted octanol–water partition coefficient (Wildman–Crippen LogP) is 1.44. The van der Waals surface area contributed by atoms with Gasteiger partial charge in [0.25, 0.3) is 5.91 Å². The van der Waals surface area contributed by atoms with Crippen molar-refractivity contribution < 1.29 is 14.0 Å². The molecule has 2 unspecified atom stereocenters. The normalized spacial score (nSPS) is 22.3. The molecule has 0 aliphatic carbocycles. The van der Waals surface area contributed by atoms with Crippen molar-refractivity contribution in [1.29, 1.82) is 0 Å². The minimum absolute atomic E-state index is 0.0227. The summed E-state index contributed by atoms with van der Waals surface area (Å²) in [7, 11) is 0. The lowest BCUT2D eigenvalue weighted by Gasteiger charge is -2.32. The first-order valence-corrected chi connectivity index (χ1v) is 9.02. The molecule has 0 radical (unpaired) electrons. The minimum Gasteiger partial charge on any atom is -0.448 e. The summed E-state index contributed by atoms with van der Waals surface area (Å²) in [5, 5.41) is 6.90. The topological polar surface area (TPSA) is 95.3 Å². The van der Waals surface area contributed by atoms with Gasteiger partial charge in [0.2, 0.25) is 5.91 Å². The van der Waals surface area contributed by atoms with Gasteiger partial charge in [-0.05, 0) is 18.3 Å². The maximum Gasteiger partial charge on any atom is 0.272 e. The fraction of sp³-hybridized carbons (Fsp3) is 0.556. The maximum absolute atomic E-state index is 13.0. The Balaban J connectivity index is 1.46. The minimum atomic E-state index is -0.0227. The zero-order valence-electron chi connectivity index (χ0n) is 15.0. The number of aromatic nitrogens is 3. The summed E-state index contributed by atoms with van der Waals surface area (Å²) < 4.78 is 5.18. The molecule has 2 saturated heterocycles. The molecule has 2 aromatic heterocycles. The standard InChI is InChI=1S/C18H23N5O3/c1-11(2)15-6-20-21-17(15)18(25)22-7-12-3-13(9-22)23(8-12)16(24)4-14-5-19-10-26-14/h5-6,10-13H,3-4,7-9H2,1-2H3,(H,20,21). The van der Waals surface area contributed by atoms with Gasteiger partial charge in [-0.15, -0.1) is 0 Å². The summed E-state index contributed by atoms with van der Waals surface area (Å²) in [6.45, 7) is 6.03. The molecule has 1 N–H and O–H groups in total. The highest BCUT2D eigenvalue weighted by atomic mass is 16.3. The first-order chi connectivity index (χ1) is 12.5. The summed E-state index contributed by atoms with van der Waals surface area (Å²) in [6, 6.07) is 0.0681. The number of aromatic amines is 1. The van der Waals surface area contributed by atoms with E-state index < -0.39 is 0 Å². The van der Waals surface area contributed by atoms with Gasteiger partial charge in [0.15, 0.2) is 6.39 Å². The molecule has 0 saturated carbocycles. The van der Waals surface area contributed by atoms with Crippen molar-refractivity contribution in [3.63, 3.8) is 0 Å². The Morgan fingerprint density at radius 3 is 2.88 bits per heavy atom. The first-order valence-electron chi connectivity index (χ1n) is 9.02. The Bertz CT molecular complexity index is 798. The van der Waals surface area contributed by atoms with Gasteiger partial charge >= 0.3 is 0 Å². The largest absolute Gasteiger partial charge is 0.448 e. The molecule has 26 heavy (non-hydrogen) atoms. The number of likely N-dealkylation sites (tertiary alicyclic amines) is 2. The monoisotopic (exact) mass is 357 g/mol. The van der Waals surface area contributed by atoms with E-state index in [1.165, 1.54) is 6.39 Å². The Morgan fingerprint density at radius 2 is 2.15 bits per heavy atom. The van der Waals surface area contributed by atoms with Crippen LogP contribution in [0, 0.1) is 5.92 Å². The quantitative estimate of drug-likeness (QED) is 0.893. The lowest BCUT2D eigenvalue weighted by Crippen LogP contribution is -2.47. The van der Waals surface area contributed by atoms with E-state index in [2.05, 4.69) is 15.2 Å². The van der Waals surface area contributed by atoms with Crippen LogP contribution in [0.2, 0.25) is 0 Å². The Kier molecular flexibility index (Phi) is 4.26. The van der Waals surface area contributed by atoms with Gasteiger partial charge in [0, 0.05) is 31.2 Å². The molecule has 8 nitrogen and oxygen atoms in total. The molecule has 4 heterocycles. The molecule has 2 aliphatic heterocycles. The lowest BCUT2D eigenvalue weighted by atomic mass is 9.98. The number of fused-ring (bicyclic) bond motifs is 2. The number of H-pyrrole nitrogens is 1. The molecule has 2 atom stereocenters. The van der Waals surface area contributed by atoms with Gasteiger partial charge in [-0.3, -0.25) is 14.7 Å². The van der Waals surface area contributed by atoms with Crippen molar-refractivity contribution in [2.45, 2.75) is 38.6 Å². The Hall–Kier alpha value is -2.64. The zero-order valence-corrected chi connectivity index (χ0v) is 15.0. The summed E-state index contributed by atoms with van der Waals surface area (Å²) >= 11 is 0. The van der Waals surface area contributed by atoms with E-state index >= 15 is 0 Å². The molecule has 2 aliphatic rings. The van der Waals surface area contributed by atoms with Crippen LogP contribution in [0.25, 0.3) is 0 Å². The van der Waals surface area contributed by atoms with Gasteiger partial charge in [0.05, 0.1) is 18.8 Å². The average Bonchev–Trinajstić information content (AvgIpc) is 3.34. The molecule has 138 valence electrons. The van der Waals surface area contributed by atoms with E-state index in [0.29, 0.717) is 37.0 Å². The predicted molar refractivity (Wildman–Crippen MR) is 92.4 cm³/mol. The van der Waals surface area contributed by atoms with Crippen LogP contribution < -0.4 is 0 Å². The van der Waals surface area contributed by atoms with Crippen LogP contribution >= 0.6 is 0 Å². The average molecular weight is 357 g/mol. The van der Waals surface area contributed by atoms with Gasteiger partial charge in [0.1, 0.15) is 11.5 Å². The molecular weight excluding hydrogens is 334 g/mol. The van der Waals surface area contributed by atoms with Gasteiger partial charge in [-0.2, -0.15) is 5.10 Å². The number of nitrogens with zero attached hydrogens (tertiary/aromatic N) is 4. The van der Waals surface area contributed by atoms with E-state index in [9.17, 15) is 9.59 Å². The van der Waals surface area contributed by atoms with Crippen molar-refractivity contribution in [3.8, 4) is 0 Å². The third-order valence-corrected chi connectivity index (χ3v) is 5.33. The number of carbonyl (C=O) groups excluding carboxylic acids is 2. The number of rotatable bonds is 4. The van der Waals surface area contributed by atoms with Crippen molar-refractivity contribution >= 4 is 11.8 Å². The van der Waals surface area contributed by atoms with E-state index in [-0.39, 0.29) is 30.2 Å². The first kappa shape index (κ1) is 16.8. The van der Waals surface area contributed by atoms with Crippen LogP contribution in [-0.4, -0.2) is 62.5 Å². The molecule has 2 aromatic rings. The van der Waals surface area contributed by atoms with Crippen molar-refractivity contribution in [3.05, 3.63) is 35.8 Å². The van der Waals surface area contributed by atoms with Crippen molar-refractivity contribution in [2.24, 2.45) is 5.92 Å². The number of piperidine rings is 1. The summed E-state index contributed by atoms with van der Waals surface area (Å²) in [4.78, 5) is 33.2. The summed E-state index contributed by atoms with van der Waals surface area (Å²) in [5.74, 6) is 1.14. The molecule has 0 spiro atoms. The van der Waals surface area contributed by atoms with Crippen LogP contribution in [0.15, 0.2) is 23.2 Å². The Labute approximate surface area is 151 Å².